The normalized spacial score (nSPS) is 23.0. The van der Waals surface area contributed by atoms with Crippen LogP contribution in [-0.2, 0) is 0 Å². The maximum absolute atomic E-state index is 9.25. The fraction of sp³-hybridized carbons (Fsp3) is 0.353. The second-order valence-corrected chi connectivity index (χ2v) is 6.59. The van der Waals surface area contributed by atoms with Crippen LogP contribution in [0.2, 0.25) is 5.02 Å². The summed E-state index contributed by atoms with van der Waals surface area (Å²) in [6, 6.07) is 9.75. The summed E-state index contributed by atoms with van der Waals surface area (Å²) in [5.41, 5.74) is 0.656. The van der Waals surface area contributed by atoms with E-state index in [1.54, 1.807) is 12.4 Å². The molecule has 116 valence electrons. The second kappa shape index (κ2) is 5.71. The van der Waals surface area contributed by atoms with Crippen LogP contribution in [-0.4, -0.2) is 36.1 Å². The van der Waals surface area contributed by atoms with Gasteiger partial charge in [-0.15, -0.1) is 0 Å². The van der Waals surface area contributed by atoms with Crippen molar-refractivity contribution in [3.8, 4) is 6.07 Å². The number of nitriles is 1. The maximum Gasteiger partial charge on any atom is 0.146 e. The predicted molar refractivity (Wildman–Crippen MR) is 89.6 cm³/mol. The number of rotatable bonds is 2. The maximum atomic E-state index is 9.25. The minimum absolute atomic E-state index is 0.584. The molecule has 2 aromatic rings. The lowest BCUT2D eigenvalue weighted by Crippen LogP contribution is -2.30. The van der Waals surface area contributed by atoms with Gasteiger partial charge in [0.2, 0.25) is 0 Å². The van der Waals surface area contributed by atoms with Gasteiger partial charge in [0.1, 0.15) is 17.7 Å². The van der Waals surface area contributed by atoms with Crippen molar-refractivity contribution in [3.05, 3.63) is 47.2 Å². The fourth-order valence-corrected chi connectivity index (χ4v) is 3.76. The second-order valence-electron chi connectivity index (χ2n) is 6.15. The standard InChI is InChI=1S/C17H16ClN5/c18-15-3-4-16(21-7-15)22-8-13-10-23(11-14(13)9-22)17-12(6-19)2-1-5-20-17/h1-5,7,13-14H,8-11H2. The fourth-order valence-electron chi connectivity index (χ4n) is 3.64. The number of halogens is 1. The minimum atomic E-state index is 0.584. The van der Waals surface area contributed by atoms with Crippen LogP contribution in [0.25, 0.3) is 0 Å². The Morgan fingerprint density at radius 2 is 1.78 bits per heavy atom. The van der Waals surface area contributed by atoms with Crippen molar-refractivity contribution in [2.24, 2.45) is 11.8 Å². The van der Waals surface area contributed by atoms with Gasteiger partial charge in [-0.2, -0.15) is 5.26 Å². The minimum Gasteiger partial charge on any atom is -0.356 e. The number of hydrogen-bond acceptors (Lipinski definition) is 5. The van der Waals surface area contributed by atoms with Gasteiger partial charge in [0.25, 0.3) is 0 Å². The average molecular weight is 326 g/mol. The Bertz CT molecular complexity index is 740. The van der Waals surface area contributed by atoms with Crippen LogP contribution in [0.15, 0.2) is 36.7 Å². The summed E-state index contributed by atoms with van der Waals surface area (Å²) < 4.78 is 0. The molecule has 2 unspecified atom stereocenters. The molecule has 4 rings (SSSR count). The zero-order chi connectivity index (χ0) is 15.8. The van der Waals surface area contributed by atoms with E-state index >= 15 is 0 Å². The zero-order valence-electron chi connectivity index (χ0n) is 12.6. The van der Waals surface area contributed by atoms with Crippen LogP contribution >= 0.6 is 11.6 Å². The Kier molecular flexibility index (Phi) is 3.55. The Hall–Kier alpha value is -2.32. The van der Waals surface area contributed by atoms with Gasteiger partial charge in [-0.3, -0.25) is 0 Å². The summed E-state index contributed by atoms with van der Waals surface area (Å²) in [4.78, 5) is 13.4. The molecule has 6 heteroatoms. The molecule has 2 fully saturated rings. The molecule has 0 spiro atoms. The van der Waals surface area contributed by atoms with Gasteiger partial charge in [0.15, 0.2) is 0 Å². The highest BCUT2D eigenvalue weighted by Crippen LogP contribution is 2.35. The van der Waals surface area contributed by atoms with Crippen molar-refractivity contribution >= 4 is 23.2 Å². The van der Waals surface area contributed by atoms with Crippen molar-refractivity contribution in [3.63, 3.8) is 0 Å². The van der Waals surface area contributed by atoms with Gasteiger partial charge in [-0.05, 0) is 24.3 Å². The quantitative estimate of drug-likeness (QED) is 0.849. The van der Waals surface area contributed by atoms with Crippen molar-refractivity contribution in [1.82, 2.24) is 9.97 Å². The molecular formula is C17H16ClN5. The highest BCUT2D eigenvalue weighted by atomic mass is 35.5. The van der Waals surface area contributed by atoms with E-state index in [9.17, 15) is 5.26 Å². The van der Waals surface area contributed by atoms with Crippen LogP contribution in [0.4, 0.5) is 11.6 Å². The molecule has 0 N–H and O–H groups in total. The molecule has 2 saturated heterocycles. The van der Waals surface area contributed by atoms with Crippen molar-refractivity contribution in [2.75, 3.05) is 36.0 Å². The Morgan fingerprint density at radius 1 is 1.04 bits per heavy atom. The number of fused-ring (bicyclic) bond motifs is 1. The first-order valence-corrected chi connectivity index (χ1v) is 8.09. The van der Waals surface area contributed by atoms with E-state index in [1.165, 1.54) is 0 Å². The van der Waals surface area contributed by atoms with E-state index in [1.807, 2.05) is 24.3 Å². The number of hydrogen-bond donors (Lipinski definition) is 0. The summed E-state index contributed by atoms with van der Waals surface area (Å²) in [5.74, 6) is 2.98. The summed E-state index contributed by atoms with van der Waals surface area (Å²) >= 11 is 5.91. The third-order valence-electron chi connectivity index (χ3n) is 4.73. The highest BCUT2D eigenvalue weighted by Gasteiger charge is 2.41. The van der Waals surface area contributed by atoms with Gasteiger partial charge in [-0.1, -0.05) is 11.6 Å². The number of aromatic nitrogens is 2. The highest BCUT2D eigenvalue weighted by molar-refractivity contribution is 6.30. The first-order valence-electron chi connectivity index (χ1n) is 7.71. The number of nitrogens with zero attached hydrogens (tertiary/aromatic N) is 5. The number of anilines is 2. The van der Waals surface area contributed by atoms with E-state index in [-0.39, 0.29) is 0 Å². The van der Waals surface area contributed by atoms with Gasteiger partial charge < -0.3 is 9.80 Å². The molecule has 2 atom stereocenters. The van der Waals surface area contributed by atoms with Crippen molar-refractivity contribution in [1.29, 1.82) is 5.26 Å². The molecule has 0 saturated carbocycles. The van der Waals surface area contributed by atoms with Crippen LogP contribution in [0, 0.1) is 23.2 Å². The van der Waals surface area contributed by atoms with Crippen LogP contribution in [0.1, 0.15) is 5.56 Å². The topological polar surface area (TPSA) is 56.1 Å². The van der Waals surface area contributed by atoms with Gasteiger partial charge in [-0.25, -0.2) is 9.97 Å². The molecule has 0 radical (unpaired) electrons. The summed E-state index contributed by atoms with van der Waals surface area (Å²) in [5, 5.41) is 9.92. The SMILES string of the molecule is N#Cc1cccnc1N1CC2CN(c3ccc(Cl)cn3)CC2C1. The van der Waals surface area contributed by atoms with E-state index in [0.29, 0.717) is 22.4 Å². The molecule has 2 aliphatic rings. The third-order valence-corrected chi connectivity index (χ3v) is 4.95. The molecule has 0 amide bonds. The van der Waals surface area contributed by atoms with E-state index < -0.39 is 0 Å². The number of pyridine rings is 2. The zero-order valence-corrected chi connectivity index (χ0v) is 13.3. The summed E-state index contributed by atoms with van der Waals surface area (Å²) in [7, 11) is 0. The predicted octanol–water partition coefficient (Wildman–Crippen LogP) is 2.57. The first kappa shape index (κ1) is 14.3. The molecule has 0 aromatic carbocycles. The van der Waals surface area contributed by atoms with Crippen molar-refractivity contribution < 1.29 is 0 Å². The molecule has 0 aliphatic carbocycles. The smallest absolute Gasteiger partial charge is 0.146 e. The van der Waals surface area contributed by atoms with Crippen molar-refractivity contribution in [2.45, 2.75) is 0 Å². The van der Waals surface area contributed by atoms with Crippen LogP contribution in [0.3, 0.4) is 0 Å². The molecule has 0 bridgehead atoms. The van der Waals surface area contributed by atoms with E-state index in [2.05, 4.69) is 25.8 Å². The molecule has 4 heterocycles. The lowest BCUT2D eigenvalue weighted by Gasteiger charge is -2.23. The first-order chi connectivity index (χ1) is 11.2. The molecule has 2 aliphatic heterocycles. The monoisotopic (exact) mass is 325 g/mol. The van der Waals surface area contributed by atoms with Gasteiger partial charge in [0.05, 0.1) is 10.6 Å². The van der Waals surface area contributed by atoms with Gasteiger partial charge in [0, 0.05) is 50.4 Å². The Balaban J connectivity index is 1.48. The lowest BCUT2D eigenvalue weighted by molar-refractivity contribution is 0.533. The molecule has 5 nitrogen and oxygen atoms in total. The summed E-state index contributed by atoms with van der Waals surface area (Å²) in [6.45, 7) is 3.87. The Morgan fingerprint density at radius 3 is 2.43 bits per heavy atom. The van der Waals surface area contributed by atoms with Crippen LogP contribution in [0.5, 0.6) is 0 Å². The Labute approximate surface area is 140 Å². The van der Waals surface area contributed by atoms with E-state index in [4.69, 9.17) is 11.6 Å². The third kappa shape index (κ3) is 2.60. The van der Waals surface area contributed by atoms with E-state index in [0.717, 1.165) is 37.8 Å². The van der Waals surface area contributed by atoms with Gasteiger partial charge >= 0.3 is 0 Å². The summed E-state index contributed by atoms with van der Waals surface area (Å²) in [6.07, 6.45) is 3.46. The lowest BCUT2D eigenvalue weighted by atomic mass is 10.0. The molecule has 2 aromatic heterocycles. The van der Waals surface area contributed by atoms with Crippen LogP contribution < -0.4 is 9.80 Å². The molecular weight excluding hydrogens is 310 g/mol. The largest absolute Gasteiger partial charge is 0.356 e. The average Bonchev–Trinajstić information content (AvgIpc) is 3.14. The molecule has 23 heavy (non-hydrogen) atoms.